The van der Waals surface area contributed by atoms with Crippen LogP contribution < -0.4 is 9.47 Å². The highest BCUT2D eigenvalue weighted by molar-refractivity contribution is 6.01. The van der Waals surface area contributed by atoms with Gasteiger partial charge < -0.3 is 19.0 Å². The third kappa shape index (κ3) is 7.30. The topological polar surface area (TPSA) is 90.1 Å². The lowest BCUT2D eigenvalue weighted by atomic mass is 9.97. The van der Waals surface area contributed by atoms with E-state index < -0.39 is 17.7 Å². The minimum absolute atomic E-state index is 0.00962. The SMILES string of the molecule is CO/N=C(/COc1ccc(COc2ccc(C(C#N)CC(=O)OC)cc2)c(F)c1)c1ccccc1. The van der Waals surface area contributed by atoms with Crippen molar-refractivity contribution in [1.82, 2.24) is 0 Å². The number of benzene rings is 3. The number of hydrogen-bond acceptors (Lipinski definition) is 7. The maximum absolute atomic E-state index is 14.6. The summed E-state index contributed by atoms with van der Waals surface area (Å²) in [6.45, 7) is 0.120. The number of carbonyl (C=O) groups is 1. The van der Waals surface area contributed by atoms with E-state index in [0.717, 1.165) is 5.56 Å². The van der Waals surface area contributed by atoms with E-state index in [9.17, 15) is 14.4 Å². The largest absolute Gasteiger partial charge is 0.489 e. The monoisotopic (exact) mass is 476 g/mol. The number of esters is 1. The Kier molecular flexibility index (Phi) is 9.20. The zero-order valence-corrected chi connectivity index (χ0v) is 19.4. The van der Waals surface area contributed by atoms with Gasteiger partial charge in [-0.3, -0.25) is 4.79 Å². The molecule has 0 heterocycles. The first kappa shape index (κ1) is 25.2. The van der Waals surface area contributed by atoms with Gasteiger partial charge in [0.25, 0.3) is 0 Å². The van der Waals surface area contributed by atoms with Crippen LogP contribution in [0.3, 0.4) is 0 Å². The smallest absolute Gasteiger partial charge is 0.307 e. The lowest BCUT2D eigenvalue weighted by Gasteiger charge is -2.12. The third-order valence-corrected chi connectivity index (χ3v) is 5.14. The van der Waals surface area contributed by atoms with Gasteiger partial charge in [-0.25, -0.2) is 4.39 Å². The molecule has 3 aromatic rings. The Balaban J connectivity index is 1.58. The van der Waals surface area contributed by atoms with Gasteiger partial charge in [0.2, 0.25) is 0 Å². The van der Waals surface area contributed by atoms with Crippen LogP contribution in [0.5, 0.6) is 11.5 Å². The predicted molar refractivity (Wildman–Crippen MR) is 128 cm³/mol. The second-order valence-electron chi connectivity index (χ2n) is 7.45. The number of halogens is 1. The molecule has 0 bridgehead atoms. The summed E-state index contributed by atoms with van der Waals surface area (Å²) in [5.41, 5.74) is 2.45. The molecule has 7 nitrogen and oxygen atoms in total. The molecule has 0 saturated heterocycles. The van der Waals surface area contributed by atoms with Crippen LogP contribution in [0.15, 0.2) is 78.0 Å². The van der Waals surface area contributed by atoms with Crippen LogP contribution in [-0.2, 0) is 21.0 Å². The highest BCUT2D eigenvalue weighted by Gasteiger charge is 2.16. The van der Waals surface area contributed by atoms with Gasteiger partial charge in [0, 0.05) is 17.2 Å². The van der Waals surface area contributed by atoms with Crippen molar-refractivity contribution in [2.75, 3.05) is 20.8 Å². The average Bonchev–Trinajstić information content (AvgIpc) is 2.89. The highest BCUT2D eigenvalue weighted by atomic mass is 19.1. The third-order valence-electron chi connectivity index (χ3n) is 5.14. The molecule has 3 aromatic carbocycles. The number of nitrogens with zero attached hydrogens (tertiary/aromatic N) is 2. The van der Waals surface area contributed by atoms with E-state index in [1.807, 2.05) is 30.3 Å². The molecule has 0 N–H and O–H groups in total. The average molecular weight is 477 g/mol. The van der Waals surface area contributed by atoms with Gasteiger partial charge in [0.05, 0.1) is 25.5 Å². The Morgan fingerprint density at radius 2 is 1.71 bits per heavy atom. The molecule has 0 amide bonds. The van der Waals surface area contributed by atoms with E-state index in [2.05, 4.69) is 16.0 Å². The minimum Gasteiger partial charge on any atom is -0.489 e. The van der Waals surface area contributed by atoms with Crippen LogP contribution in [0.2, 0.25) is 0 Å². The van der Waals surface area contributed by atoms with Crippen LogP contribution in [0.25, 0.3) is 0 Å². The Hall–Kier alpha value is -4.38. The summed E-state index contributed by atoms with van der Waals surface area (Å²) in [6, 6.07) is 22.8. The van der Waals surface area contributed by atoms with Gasteiger partial charge in [0.15, 0.2) is 0 Å². The first-order chi connectivity index (χ1) is 17.0. The molecular weight excluding hydrogens is 451 g/mol. The molecule has 0 aliphatic rings. The van der Waals surface area contributed by atoms with Crippen molar-refractivity contribution in [2.45, 2.75) is 18.9 Å². The second kappa shape index (κ2) is 12.8. The van der Waals surface area contributed by atoms with E-state index >= 15 is 0 Å². The van der Waals surface area contributed by atoms with Crippen LogP contribution >= 0.6 is 0 Å². The zero-order valence-electron chi connectivity index (χ0n) is 19.4. The van der Waals surface area contributed by atoms with Crippen LogP contribution in [0.1, 0.15) is 29.0 Å². The molecule has 1 unspecified atom stereocenters. The quantitative estimate of drug-likeness (QED) is 0.220. The Bertz CT molecular complexity index is 1190. The highest BCUT2D eigenvalue weighted by Crippen LogP contribution is 2.24. The van der Waals surface area contributed by atoms with Crippen molar-refractivity contribution in [2.24, 2.45) is 5.16 Å². The summed E-state index contributed by atoms with van der Waals surface area (Å²) in [5.74, 6) is -0.679. The van der Waals surface area contributed by atoms with Crippen molar-refractivity contribution in [3.05, 3.63) is 95.3 Å². The summed E-state index contributed by atoms with van der Waals surface area (Å²) in [7, 11) is 2.73. The number of oxime groups is 1. The molecule has 0 saturated carbocycles. The van der Waals surface area contributed by atoms with E-state index in [-0.39, 0.29) is 19.6 Å². The summed E-state index contributed by atoms with van der Waals surface area (Å²) < 4.78 is 30.6. The zero-order chi connectivity index (χ0) is 25.0. The summed E-state index contributed by atoms with van der Waals surface area (Å²) in [6.07, 6.45) is -0.0308. The molecule has 0 spiro atoms. The van der Waals surface area contributed by atoms with Crippen LogP contribution in [0, 0.1) is 17.1 Å². The molecule has 0 fully saturated rings. The number of carbonyl (C=O) groups excluding carboxylic acids is 1. The van der Waals surface area contributed by atoms with Crippen LogP contribution in [0.4, 0.5) is 4.39 Å². The number of rotatable bonds is 11. The van der Waals surface area contributed by atoms with E-state index in [0.29, 0.717) is 28.3 Å². The fourth-order valence-corrected chi connectivity index (χ4v) is 3.24. The molecule has 0 aromatic heterocycles. The summed E-state index contributed by atoms with van der Waals surface area (Å²) in [4.78, 5) is 16.3. The van der Waals surface area contributed by atoms with E-state index in [1.54, 1.807) is 36.4 Å². The molecule has 1 atom stereocenters. The number of methoxy groups -OCH3 is 1. The normalized spacial score (nSPS) is 11.8. The van der Waals surface area contributed by atoms with Gasteiger partial charge in [0.1, 0.15) is 43.4 Å². The number of nitriles is 1. The Labute approximate surface area is 203 Å². The number of hydrogen-bond donors (Lipinski definition) is 0. The van der Waals surface area contributed by atoms with Crippen molar-refractivity contribution in [3.8, 4) is 17.6 Å². The standard InChI is InChI=1S/C27H25FN2O5/c1-32-27(31)14-22(16-29)19-8-11-23(12-9-19)34-17-21-10-13-24(15-25(21)28)35-18-26(30-33-2)20-6-4-3-5-7-20/h3-13,15,22H,14,17-18H2,1-2H3/b30-26-. The van der Waals surface area contributed by atoms with Crippen molar-refractivity contribution in [1.29, 1.82) is 5.26 Å². The Morgan fingerprint density at radius 1 is 1.00 bits per heavy atom. The molecule has 0 radical (unpaired) electrons. The lowest BCUT2D eigenvalue weighted by molar-refractivity contribution is -0.140. The molecule has 0 aliphatic heterocycles. The summed E-state index contributed by atoms with van der Waals surface area (Å²) in [5, 5.41) is 13.3. The predicted octanol–water partition coefficient (Wildman–Crippen LogP) is 5.00. The first-order valence-electron chi connectivity index (χ1n) is 10.8. The van der Waals surface area contributed by atoms with Gasteiger partial charge in [-0.2, -0.15) is 5.26 Å². The second-order valence-corrected chi connectivity index (χ2v) is 7.45. The summed E-state index contributed by atoms with van der Waals surface area (Å²) >= 11 is 0. The fourth-order valence-electron chi connectivity index (χ4n) is 3.24. The van der Waals surface area contributed by atoms with E-state index in [1.165, 1.54) is 20.3 Å². The van der Waals surface area contributed by atoms with Crippen molar-refractivity contribution in [3.63, 3.8) is 0 Å². The van der Waals surface area contributed by atoms with Crippen molar-refractivity contribution < 1.29 is 28.2 Å². The number of ether oxygens (including phenoxy) is 3. The lowest BCUT2D eigenvalue weighted by Crippen LogP contribution is -2.13. The molecule has 180 valence electrons. The van der Waals surface area contributed by atoms with Crippen molar-refractivity contribution >= 4 is 11.7 Å². The molecule has 35 heavy (non-hydrogen) atoms. The first-order valence-corrected chi connectivity index (χ1v) is 10.8. The minimum atomic E-state index is -0.613. The van der Waals surface area contributed by atoms with Gasteiger partial charge in [-0.1, -0.05) is 47.6 Å². The molecular formula is C27H25FN2O5. The molecule has 8 heteroatoms. The Morgan fingerprint density at radius 3 is 2.34 bits per heavy atom. The molecule has 3 rings (SSSR count). The van der Waals surface area contributed by atoms with Gasteiger partial charge in [-0.05, 0) is 29.8 Å². The maximum atomic E-state index is 14.6. The molecule has 0 aliphatic carbocycles. The maximum Gasteiger partial charge on any atom is 0.307 e. The van der Waals surface area contributed by atoms with Gasteiger partial charge >= 0.3 is 5.97 Å². The van der Waals surface area contributed by atoms with E-state index in [4.69, 9.17) is 14.3 Å². The van der Waals surface area contributed by atoms with Gasteiger partial charge in [-0.15, -0.1) is 0 Å². The van der Waals surface area contributed by atoms with Crippen LogP contribution in [-0.4, -0.2) is 32.5 Å². The fraction of sp³-hybridized carbons (Fsp3) is 0.222.